The standard InChI is InChI=1S/C24H51N3.ClH/c25-19-13-14-20-26-21-15-16-22-27-23-24-17-11-9-7-5-3-1-2-4-6-8-10-12-18-24;/h24,26-27H,1-23,25H2;1H. The summed E-state index contributed by atoms with van der Waals surface area (Å²) in [6.07, 6.45) is 25.5. The molecule has 0 bridgehead atoms. The van der Waals surface area contributed by atoms with Gasteiger partial charge < -0.3 is 16.4 Å². The number of nitrogens with one attached hydrogen (secondary N) is 2. The van der Waals surface area contributed by atoms with Crippen molar-refractivity contribution in [1.29, 1.82) is 0 Å². The Kier molecular flexibility index (Phi) is 23.6. The number of nitrogens with two attached hydrogens (primary N) is 1. The molecule has 4 N–H and O–H groups in total. The molecule has 0 spiro atoms. The molecule has 1 rings (SSSR count). The van der Waals surface area contributed by atoms with Crippen LogP contribution in [0.2, 0.25) is 0 Å². The van der Waals surface area contributed by atoms with Gasteiger partial charge in [-0.3, -0.25) is 0 Å². The molecule has 1 aliphatic carbocycles. The van der Waals surface area contributed by atoms with E-state index >= 15 is 0 Å². The van der Waals surface area contributed by atoms with Gasteiger partial charge in [-0.1, -0.05) is 77.0 Å². The van der Waals surface area contributed by atoms with E-state index in [9.17, 15) is 0 Å². The van der Waals surface area contributed by atoms with Gasteiger partial charge in [-0.15, -0.1) is 12.4 Å². The lowest BCUT2D eigenvalue weighted by atomic mass is 9.94. The monoisotopic (exact) mass is 417 g/mol. The summed E-state index contributed by atoms with van der Waals surface area (Å²) in [4.78, 5) is 0. The van der Waals surface area contributed by atoms with Crippen molar-refractivity contribution < 1.29 is 0 Å². The summed E-state index contributed by atoms with van der Waals surface area (Å²) in [5, 5.41) is 7.30. The number of halogens is 1. The van der Waals surface area contributed by atoms with Crippen molar-refractivity contribution in [2.75, 3.05) is 32.7 Å². The van der Waals surface area contributed by atoms with Crippen LogP contribution >= 0.6 is 12.4 Å². The summed E-state index contributed by atoms with van der Waals surface area (Å²) in [7, 11) is 0. The van der Waals surface area contributed by atoms with Gasteiger partial charge in [0.05, 0.1) is 0 Å². The average molecular weight is 418 g/mol. The Labute approximate surface area is 183 Å². The second kappa shape index (κ2) is 23.4. The molecule has 1 fully saturated rings. The summed E-state index contributed by atoms with van der Waals surface area (Å²) in [5.74, 6) is 0.921. The molecule has 0 saturated heterocycles. The van der Waals surface area contributed by atoms with Gasteiger partial charge in [-0.2, -0.15) is 0 Å². The van der Waals surface area contributed by atoms with Crippen LogP contribution in [0.4, 0.5) is 0 Å². The third-order valence-corrected chi connectivity index (χ3v) is 6.17. The van der Waals surface area contributed by atoms with Crippen LogP contribution in [0, 0.1) is 5.92 Å². The summed E-state index contributed by atoms with van der Waals surface area (Å²) >= 11 is 0. The number of hydrogen-bond donors (Lipinski definition) is 3. The smallest absolute Gasteiger partial charge is 0.00205 e. The minimum atomic E-state index is 0. The van der Waals surface area contributed by atoms with Crippen LogP contribution in [-0.2, 0) is 0 Å². The highest BCUT2D eigenvalue weighted by Crippen LogP contribution is 2.20. The minimum absolute atomic E-state index is 0. The first-order valence-corrected chi connectivity index (χ1v) is 12.5. The average Bonchev–Trinajstić information content (AvgIpc) is 2.69. The van der Waals surface area contributed by atoms with Gasteiger partial charge in [0.2, 0.25) is 0 Å². The highest BCUT2D eigenvalue weighted by molar-refractivity contribution is 5.85. The maximum absolute atomic E-state index is 5.52. The van der Waals surface area contributed by atoms with Crippen molar-refractivity contribution in [3.05, 3.63) is 0 Å². The molecule has 0 unspecified atom stereocenters. The molecule has 0 aliphatic heterocycles. The lowest BCUT2D eigenvalue weighted by molar-refractivity contribution is 0.381. The zero-order valence-electron chi connectivity index (χ0n) is 18.8. The molecule has 4 heteroatoms. The van der Waals surface area contributed by atoms with Gasteiger partial charge in [0.15, 0.2) is 0 Å². The van der Waals surface area contributed by atoms with Crippen molar-refractivity contribution in [1.82, 2.24) is 10.6 Å². The fraction of sp³-hybridized carbons (Fsp3) is 1.00. The van der Waals surface area contributed by atoms with E-state index in [4.69, 9.17) is 5.73 Å². The topological polar surface area (TPSA) is 50.1 Å². The van der Waals surface area contributed by atoms with E-state index in [-0.39, 0.29) is 12.4 Å². The Morgan fingerprint density at radius 2 is 0.929 bits per heavy atom. The van der Waals surface area contributed by atoms with E-state index < -0.39 is 0 Å². The molecular weight excluding hydrogens is 366 g/mol. The van der Waals surface area contributed by atoms with Crippen LogP contribution < -0.4 is 16.4 Å². The molecule has 1 saturated carbocycles. The molecule has 0 aromatic carbocycles. The molecule has 0 aromatic heterocycles. The quantitative estimate of drug-likeness (QED) is 0.351. The molecule has 0 heterocycles. The first-order chi connectivity index (χ1) is 13.4. The predicted molar refractivity (Wildman–Crippen MR) is 129 cm³/mol. The number of hydrogen-bond acceptors (Lipinski definition) is 3. The molecule has 1 aliphatic rings. The highest BCUT2D eigenvalue weighted by atomic mass is 35.5. The van der Waals surface area contributed by atoms with Gasteiger partial charge in [0, 0.05) is 0 Å². The van der Waals surface area contributed by atoms with Crippen LogP contribution in [0.5, 0.6) is 0 Å². The molecule has 0 amide bonds. The maximum Gasteiger partial charge on any atom is -0.00205 e. The molecule has 0 aromatic rings. The minimum Gasteiger partial charge on any atom is -0.330 e. The van der Waals surface area contributed by atoms with Crippen molar-refractivity contribution >= 4 is 12.4 Å². The Balaban J connectivity index is 0.00000729. The van der Waals surface area contributed by atoms with E-state index in [0.717, 1.165) is 32.0 Å². The first kappa shape index (κ1) is 28.2. The van der Waals surface area contributed by atoms with Crippen molar-refractivity contribution in [2.45, 2.75) is 116 Å². The summed E-state index contributed by atoms with van der Waals surface area (Å²) in [6, 6.07) is 0. The summed E-state index contributed by atoms with van der Waals surface area (Å²) < 4.78 is 0. The van der Waals surface area contributed by atoms with Gasteiger partial charge in [0.25, 0.3) is 0 Å². The Morgan fingerprint density at radius 1 is 0.536 bits per heavy atom. The van der Waals surface area contributed by atoms with Crippen molar-refractivity contribution in [2.24, 2.45) is 11.7 Å². The zero-order chi connectivity index (χ0) is 19.3. The van der Waals surface area contributed by atoms with Gasteiger partial charge in [0.1, 0.15) is 0 Å². The van der Waals surface area contributed by atoms with Crippen LogP contribution in [0.3, 0.4) is 0 Å². The first-order valence-electron chi connectivity index (χ1n) is 12.5. The van der Waals surface area contributed by atoms with Crippen molar-refractivity contribution in [3.8, 4) is 0 Å². The molecule has 170 valence electrons. The number of unbranched alkanes of at least 4 members (excludes halogenated alkanes) is 2. The van der Waals surface area contributed by atoms with Crippen LogP contribution in [0.15, 0.2) is 0 Å². The van der Waals surface area contributed by atoms with Crippen molar-refractivity contribution in [3.63, 3.8) is 0 Å². The van der Waals surface area contributed by atoms with Gasteiger partial charge >= 0.3 is 0 Å². The molecule has 0 radical (unpaired) electrons. The predicted octanol–water partition coefficient (Wildman–Crippen LogP) is 6.20. The fourth-order valence-corrected chi connectivity index (χ4v) is 4.31. The molecular formula is C24H52ClN3. The second-order valence-corrected chi connectivity index (χ2v) is 8.84. The lowest BCUT2D eigenvalue weighted by Gasteiger charge is -2.18. The molecule has 3 nitrogen and oxygen atoms in total. The molecule has 28 heavy (non-hydrogen) atoms. The second-order valence-electron chi connectivity index (χ2n) is 8.84. The Morgan fingerprint density at radius 3 is 1.39 bits per heavy atom. The third-order valence-electron chi connectivity index (χ3n) is 6.17. The number of rotatable bonds is 11. The van der Waals surface area contributed by atoms with E-state index in [2.05, 4.69) is 10.6 Å². The zero-order valence-corrected chi connectivity index (χ0v) is 19.6. The van der Waals surface area contributed by atoms with E-state index in [1.54, 1.807) is 0 Å². The fourth-order valence-electron chi connectivity index (χ4n) is 4.31. The van der Waals surface area contributed by atoms with E-state index in [0.29, 0.717) is 0 Å². The SMILES string of the molecule is Cl.NCCCCNCCCCNCC1CCCCCCCCCCCCCC1. The van der Waals surface area contributed by atoms with Crippen LogP contribution in [0.25, 0.3) is 0 Å². The molecule has 0 atom stereocenters. The van der Waals surface area contributed by atoms with Gasteiger partial charge in [-0.05, 0) is 77.2 Å². The highest BCUT2D eigenvalue weighted by Gasteiger charge is 2.08. The Hall–Kier alpha value is 0.170. The normalized spacial score (nSPS) is 18.8. The van der Waals surface area contributed by atoms with Gasteiger partial charge in [-0.25, -0.2) is 0 Å². The summed E-state index contributed by atoms with van der Waals surface area (Å²) in [6.45, 7) is 5.57. The van der Waals surface area contributed by atoms with E-state index in [1.165, 1.54) is 122 Å². The van der Waals surface area contributed by atoms with Crippen LogP contribution in [-0.4, -0.2) is 32.7 Å². The third kappa shape index (κ3) is 19.5. The Bertz CT molecular complexity index is 273. The largest absolute Gasteiger partial charge is 0.330 e. The lowest BCUT2D eigenvalue weighted by Crippen LogP contribution is -2.25. The van der Waals surface area contributed by atoms with Crippen LogP contribution in [0.1, 0.15) is 116 Å². The maximum atomic E-state index is 5.52. The van der Waals surface area contributed by atoms with E-state index in [1.807, 2.05) is 0 Å². The summed E-state index contributed by atoms with van der Waals surface area (Å²) in [5.41, 5.74) is 5.52.